The van der Waals surface area contributed by atoms with Crippen molar-refractivity contribution in [2.75, 3.05) is 13.6 Å². The average molecular weight is 615 g/mol. The summed E-state index contributed by atoms with van der Waals surface area (Å²) in [6.07, 6.45) is 12.1. The third-order valence-electron chi connectivity index (χ3n) is 7.35. The summed E-state index contributed by atoms with van der Waals surface area (Å²) < 4.78 is 5.36. The number of ether oxygens (including phenoxy) is 1. The first-order valence-corrected chi connectivity index (χ1v) is 15.5. The van der Waals surface area contributed by atoms with E-state index in [4.69, 9.17) is 10.5 Å². The molecule has 0 aromatic carbocycles. The molecule has 0 bridgehead atoms. The Morgan fingerprint density at radius 1 is 1.05 bits per heavy atom. The van der Waals surface area contributed by atoms with Crippen molar-refractivity contribution in [1.29, 1.82) is 0 Å². The van der Waals surface area contributed by atoms with E-state index in [9.17, 15) is 24.0 Å². The highest BCUT2D eigenvalue weighted by molar-refractivity contribution is 5.95. The maximum absolute atomic E-state index is 13.5. The Balaban J connectivity index is 1.91. The standard InChI is InChI=1S/C32H50N6O6/c1-31(2,3)44-27(40)15-10-14-25(29(42)38-32(30(43)34-4)18-7-5-8-19-32)37-28(41)24(33)13-6-9-21-36-26(39)17-16-23-12-11-20-35-22-23/h11-12,16-17,20,22,24-25H,5-10,13-15,18-19,21,33H2,1-4H3,(H,34,43)(H,36,39)(H,37,41)(H,38,42)/b17-16+/t24-,25-/m0/s1. The van der Waals surface area contributed by atoms with Gasteiger partial charge in [-0.2, -0.15) is 0 Å². The topological polar surface area (TPSA) is 182 Å². The van der Waals surface area contributed by atoms with Gasteiger partial charge >= 0.3 is 5.97 Å². The van der Waals surface area contributed by atoms with E-state index in [1.807, 2.05) is 6.07 Å². The van der Waals surface area contributed by atoms with E-state index >= 15 is 0 Å². The van der Waals surface area contributed by atoms with Crippen LogP contribution in [0.25, 0.3) is 6.08 Å². The number of pyridine rings is 1. The third kappa shape index (κ3) is 13.2. The Labute approximate surface area is 260 Å². The van der Waals surface area contributed by atoms with Crippen LogP contribution in [-0.4, -0.2) is 71.4 Å². The lowest BCUT2D eigenvalue weighted by Gasteiger charge is -2.37. The van der Waals surface area contributed by atoms with Crippen molar-refractivity contribution in [2.45, 2.75) is 115 Å². The van der Waals surface area contributed by atoms with E-state index < -0.39 is 41.0 Å². The molecule has 12 nitrogen and oxygen atoms in total. The maximum atomic E-state index is 13.5. The van der Waals surface area contributed by atoms with Crippen LogP contribution in [0.15, 0.2) is 30.6 Å². The van der Waals surface area contributed by atoms with Gasteiger partial charge in [-0.25, -0.2) is 0 Å². The summed E-state index contributed by atoms with van der Waals surface area (Å²) in [4.78, 5) is 67.6. The molecular formula is C32H50N6O6. The number of nitrogens with two attached hydrogens (primary N) is 1. The van der Waals surface area contributed by atoms with Gasteiger partial charge in [0.2, 0.25) is 23.6 Å². The second-order valence-electron chi connectivity index (χ2n) is 12.3. The summed E-state index contributed by atoms with van der Waals surface area (Å²) in [6.45, 7) is 5.75. The van der Waals surface area contributed by atoms with Gasteiger partial charge in [-0.15, -0.1) is 0 Å². The van der Waals surface area contributed by atoms with Crippen molar-refractivity contribution in [2.24, 2.45) is 5.73 Å². The van der Waals surface area contributed by atoms with Gasteiger partial charge in [0.1, 0.15) is 17.2 Å². The van der Waals surface area contributed by atoms with Crippen molar-refractivity contribution in [3.8, 4) is 0 Å². The smallest absolute Gasteiger partial charge is 0.306 e. The molecule has 1 fully saturated rings. The molecule has 2 rings (SSSR count). The van der Waals surface area contributed by atoms with Crippen molar-refractivity contribution < 1.29 is 28.7 Å². The lowest BCUT2D eigenvalue weighted by molar-refractivity contribution is -0.155. The number of amides is 4. The Morgan fingerprint density at radius 3 is 2.41 bits per heavy atom. The molecule has 4 amide bonds. The van der Waals surface area contributed by atoms with Gasteiger partial charge in [0.15, 0.2) is 0 Å². The lowest BCUT2D eigenvalue weighted by atomic mass is 9.80. The van der Waals surface area contributed by atoms with Crippen LogP contribution in [0.4, 0.5) is 0 Å². The molecule has 1 aliphatic rings. The van der Waals surface area contributed by atoms with E-state index in [0.717, 1.165) is 24.8 Å². The van der Waals surface area contributed by atoms with Crippen molar-refractivity contribution >= 4 is 35.7 Å². The molecule has 0 unspecified atom stereocenters. The summed E-state index contributed by atoms with van der Waals surface area (Å²) in [7, 11) is 1.54. The molecule has 244 valence electrons. The van der Waals surface area contributed by atoms with Crippen molar-refractivity contribution in [1.82, 2.24) is 26.3 Å². The summed E-state index contributed by atoms with van der Waals surface area (Å²) in [6, 6.07) is 1.77. The minimum Gasteiger partial charge on any atom is -0.460 e. The van der Waals surface area contributed by atoms with Crippen LogP contribution < -0.4 is 27.0 Å². The molecule has 1 heterocycles. The molecule has 12 heteroatoms. The normalized spacial score (nSPS) is 15.9. The Morgan fingerprint density at radius 2 is 1.77 bits per heavy atom. The molecule has 1 aliphatic carbocycles. The zero-order chi connectivity index (χ0) is 32.6. The molecule has 1 aromatic rings. The zero-order valence-electron chi connectivity index (χ0n) is 26.6. The highest BCUT2D eigenvalue weighted by atomic mass is 16.6. The highest BCUT2D eigenvalue weighted by Gasteiger charge is 2.41. The highest BCUT2D eigenvalue weighted by Crippen LogP contribution is 2.29. The molecule has 0 aliphatic heterocycles. The number of rotatable bonds is 16. The van der Waals surface area contributed by atoms with Crippen LogP contribution in [0.3, 0.4) is 0 Å². The van der Waals surface area contributed by atoms with Gasteiger partial charge < -0.3 is 31.7 Å². The third-order valence-corrected chi connectivity index (χ3v) is 7.35. The Bertz CT molecular complexity index is 1130. The van der Waals surface area contributed by atoms with Crippen LogP contribution in [-0.2, 0) is 28.7 Å². The number of hydrogen-bond acceptors (Lipinski definition) is 8. The second-order valence-corrected chi connectivity index (χ2v) is 12.3. The number of unbranched alkanes of at least 4 members (excludes halogenated alkanes) is 1. The molecule has 2 atom stereocenters. The van der Waals surface area contributed by atoms with Crippen molar-refractivity contribution in [3.63, 3.8) is 0 Å². The fourth-order valence-corrected chi connectivity index (χ4v) is 5.05. The molecule has 0 radical (unpaired) electrons. The molecule has 1 saturated carbocycles. The maximum Gasteiger partial charge on any atom is 0.306 e. The van der Waals surface area contributed by atoms with Crippen LogP contribution in [0.1, 0.15) is 97.0 Å². The quantitative estimate of drug-likeness (QED) is 0.107. The first-order chi connectivity index (χ1) is 20.8. The minimum atomic E-state index is -1.04. The predicted molar refractivity (Wildman–Crippen MR) is 168 cm³/mol. The summed E-state index contributed by atoms with van der Waals surface area (Å²) >= 11 is 0. The molecule has 44 heavy (non-hydrogen) atoms. The fraction of sp³-hybridized carbons (Fsp3) is 0.625. The number of nitrogens with one attached hydrogen (secondary N) is 4. The van der Waals surface area contributed by atoms with Crippen molar-refractivity contribution in [3.05, 3.63) is 36.2 Å². The number of carbonyl (C=O) groups is 5. The molecule has 0 spiro atoms. The Hall–Kier alpha value is -3.80. The monoisotopic (exact) mass is 614 g/mol. The second kappa shape index (κ2) is 18.1. The first kappa shape index (κ1) is 36.4. The van der Waals surface area contributed by atoms with E-state index in [0.29, 0.717) is 45.1 Å². The number of likely N-dealkylation sites (N-methyl/N-ethyl adjacent to an activating group) is 1. The average Bonchev–Trinajstić information content (AvgIpc) is 2.98. The van der Waals surface area contributed by atoms with Crippen LogP contribution in [0.5, 0.6) is 0 Å². The zero-order valence-corrected chi connectivity index (χ0v) is 26.6. The minimum absolute atomic E-state index is 0.0761. The number of esters is 1. The van der Waals surface area contributed by atoms with E-state index in [1.54, 1.807) is 45.3 Å². The van der Waals surface area contributed by atoms with Gasteiger partial charge in [0, 0.05) is 38.5 Å². The van der Waals surface area contributed by atoms with Gasteiger partial charge in [0.25, 0.3) is 0 Å². The van der Waals surface area contributed by atoms with E-state index in [-0.39, 0.29) is 24.7 Å². The molecular weight excluding hydrogens is 564 g/mol. The van der Waals surface area contributed by atoms with E-state index in [2.05, 4.69) is 26.3 Å². The lowest BCUT2D eigenvalue weighted by Crippen LogP contribution is -2.63. The largest absolute Gasteiger partial charge is 0.460 e. The van der Waals surface area contributed by atoms with Crippen LogP contribution in [0, 0.1) is 0 Å². The van der Waals surface area contributed by atoms with E-state index in [1.165, 1.54) is 13.1 Å². The fourth-order valence-electron chi connectivity index (χ4n) is 5.05. The summed E-state index contributed by atoms with van der Waals surface area (Å²) in [5, 5.41) is 11.1. The molecule has 1 aromatic heterocycles. The summed E-state index contributed by atoms with van der Waals surface area (Å²) in [5.74, 6) is -1.87. The molecule has 0 saturated heterocycles. The summed E-state index contributed by atoms with van der Waals surface area (Å²) in [5.41, 5.74) is 5.30. The number of nitrogens with zero attached hydrogens (tertiary/aromatic N) is 1. The van der Waals surface area contributed by atoms with Gasteiger partial charge in [-0.05, 0) is 83.4 Å². The van der Waals surface area contributed by atoms with Gasteiger partial charge in [-0.1, -0.05) is 25.3 Å². The van der Waals surface area contributed by atoms with Crippen LogP contribution in [0.2, 0.25) is 0 Å². The number of aromatic nitrogens is 1. The SMILES string of the molecule is CNC(=O)C1(NC(=O)[C@H](CCCC(=O)OC(C)(C)C)NC(=O)[C@@H](N)CCCCNC(=O)/C=C/c2cccnc2)CCCCC1. The first-order valence-electron chi connectivity index (χ1n) is 15.5. The number of carbonyl (C=O) groups excluding carboxylic acids is 5. The van der Waals surface area contributed by atoms with Crippen LogP contribution >= 0.6 is 0 Å². The molecule has 6 N–H and O–H groups in total. The number of hydrogen-bond donors (Lipinski definition) is 5. The predicted octanol–water partition coefficient (Wildman–Crippen LogP) is 2.27. The van der Waals surface area contributed by atoms with Gasteiger partial charge in [0.05, 0.1) is 6.04 Å². The Kier molecular flexibility index (Phi) is 15.0. The van der Waals surface area contributed by atoms with Gasteiger partial charge in [-0.3, -0.25) is 29.0 Å².